The standard InChI is InChI=1S/C22H30N2O3/c1-13-4-3-5-18(20(13)23)21(26)27-12-19(25)24-14(2)22-9-15-6-16(10-22)8-17(7-15)11-22/h3-5,14-17H,6-12,23H2,1-2H3,(H,24,25)/t14-,15?,16?,17?,22?/m0/s1. The van der Waals surface area contributed by atoms with Crippen molar-refractivity contribution >= 4 is 17.6 Å². The SMILES string of the molecule is Cc1cccc(C(=O)OCC(=O)N[C@@H](C)C23CC4CC(CC(C4)C2)C3)c1N. The minimum Gasteiger partial charge on any atom is -0.452 e. The number of hydrogen-bond acceptors (Lipinski definition) is 4. The van der Waals surface area contributed by atoms with Crippen molar-refractivity contribution in [3.05, 3.63) is 29.3 Å². The molecule has 146 valence electrons. The van der Waals surface area contributed by atoms with Crippen LogP contribution in [0.3, 0.4) is 0 Å². The first-order chi connectivity index (χ1) is 12.9. The molecule has 0 aliphatic heterocycles. The number of nitrogen functional groups attached to an aromatic ring is 1. The Labute approximate surface area is 161 Å². The first kappa shape index (κ1) is 18.3. The van der Waals surface area contributed by atoms with Gasteiger partial charge >= 0.3 is 5.97 Å². The lowest BCUT2D eigenvalue weighted by atomic mass is 9.48. The van der Waals surface area contributed by atoms with Gasteiger partial charge in [0.25, 0.3) is 5.91 Å². The Kier molecular flexibility index (Phi) is 4.65. The third kappa shape index (κ3) is 3.44. The second-order valence-corrected chi connectivity index (χ2v) is 9.18. The van der Waals surface area contributed by atoms with Crippen molar-refractivity contribution in [1.82, 2.24) is 5.32 Å². The lowest BCUT2D eigenvalue weighted by molar-refractivity contribution is -0.128. The lowest BCUT2D eigenvalue weighted by Gasteiger charge is -2.59. The maximum atomic E-state index is 12.4. The van der Waals surface area contributed by atoms with Crippen molar-refractivity contribution in [1.29, 1.82) is 0 Å². The number of carbonyl (C=O) groups is 2. The molecule has 5 heteroatoms. The van der Waals surface area contributed by atoms with E-state index in [0.717, 1.165) is 23.3 Å². The van der Waals surface area contributed by atoms with Gasteiger partial charge in [0.05, 0.1) is 5.56 Å². The molecule has 0 unspecified atom stereocenters. The fourth-order valence-corrected chi connectivity index (χ4v) is 6.21. The van der Waals surface area contributed by atoms with E-state index in [1.165, 1.54) is 38.5 Å². The van der Waals surface area contributed by atoms with E-state index in [1.54, 1.807) is 12.1 Å². The van der Waals surface area contributed by atoms with Crippen LogP contribution in [-0.2, 0) is 9.53 Å². The number of amides is 1. The highest BCUT2D eigenvalue weighted by atomic mass is 16.5. The Morgan fingerprint density at radius 3 is 2.37 bits per heavy atom. The normalized spacial score (nSPS) is 32.1. The minimum absolute atomic E-state index is 0.126. The van der Waals surface area contributed by atoms with Crippen molar-refractivity contribution in [3.63, 3.8) is 0 Å². The van der Waals surface area contributed by atoms with E-state index in [4.69, 9.17) is 10.5 Å². The summed E-state index contributed by atoms with van der Waals surface area (Å²) in [6.45, 7) is 3.71. The van der Waals surface area contributed by atoms with E-state index in [-0.39, 0.29) is 24.0 Å². The van der Waals surface area contributed by atoms with Gasteiger partial charge in [-0.1, -0.05) is 12.1 Å². The van der Waals surface area contributed by atoms with Crippen molar-refractivity contribution in [2.75, 3.05) is 12.3 Å². The molecule has 3 N–H and O–H groups in total. The van der Waals surface area contributed by atoms with Crippen LogP contribution in [0.15, 0.2) is 18.2 Å². The number of ether oxygens (including phenoxy) is 1. The summed E-state index contributed by atoms with van der Waals surface area (Å²) in [4.78, 5) is 24.7. The quantitative estimate of drug-likeness (QED) is 0.614. The van der Waals surface area contributed by atoms with Crippen molar-refractivity contribution in [2.45, 2.75) is 58.4 Å². The van der Waals surface area contributed by atoms with Crippen LogP contribution in [0.2, 0.25) is 0 Å². The van der Waals surface area contributed by atoms with E-state index in [0.29, 0.717) is 11.3 Å². The first-order valence-corrected chi connectivity index (χ1v) is 10.2. The molecular formula is C22H30N2O3. The Morgan fingerprint density at radius 2 is 1.78 bits per heavy atom. The molecule has 5 nitrogen and oxygen atoms in total. The van der Waals surface area contributed by atoms with E-state index in [9.17, 15) is 9.59 Å². The molecule has 1 aromatic rings. The summed E-state index contributed by atoms with van der Waals surface area (Å²) >= 11 is 0. The number of anilines is 1. The van der Waals surface area contributed by atoms with Crippen LogP contribution in [0, 0.1) is 30.1 Å². The summed E-state index contributed by atoms with van der Waals surface area (Å²) in [6.07, 6.45) is 7.86. The number of aryl methyl sites for hydroxylation is 1. The molecule has 0 aromatic heterocycles. The van der Waals surface area contributed by atoms with Crippen LogP contribution in [0.5, 0.6) is 0 Å². The maximum Gasteiger partial charge on any atom is 0.340 e. The fourth-order valence-electron chi connectivity index (χ4n) is 6.21. The molecule has 4 aliphatic rings. The van der Waals surface area contributed by atoms with Crippen molar-refractivity contribution < 1.29 is 14.3 Å². The van der Waals surface area contributed by atoms with E-state index >= 15 is 0 Å². The fraction of sp³-hybridized carbons (Fsp3) is 0.636. The second kappa shape index (κ2) is 6.84. The van der Waals surface area contributed by atoms with Gasteiger partial charge in [-0.15, -0.1) is 0 Å². The largest absolute Gasteiger partial charge is 0.452 e. The Bertz CT molecular complexity index is 723. The number of benzene rings is 1. The van der Waals surface area contributed by atoms with Crippen LogP contribution >= 0.6 is 0 Å². The summed E-state index contributed by atoms with van der Waals surface area (Å²) in [7, 11) is 0. The zero-order chi connectivity index (χ0) is 19.2. The van der Waals surface area contributed by atoms with Crippen LogP contribution < -0.4 is 11.1 Å². The van der Waals surface area contributed by atoms with Crippen LogP contribution in [0.1, 0.15) is 61.4 Å². The van der Waals surface area contributed by atoms with Gasteiger partial charge in [-0.05, 0) is 87.2 Å². The number of carbonyl (C=O) groups excluding carboxylic acids is 2. The van der Waals surface area contributed by atoms with Gasteiger partial charge in [-0.2, -0.15) is 0 Å². The van der Waals surface area contributed by atoms with Crippen molar-refractivity contribution in [2.24, 2.45) is 23.2 Å². The Hall–Kier alpha value is -2.04. The molecule has 4 saturated carbocycles. The molecule has 4 aliphatic carbocycles. The average molecular weight is 370 g/mol. The molecule has 0 saturated heterocycles. The Morgan fingerprint density at radius 1 is 1.19 bits per heavy atom. The summed E-state index contributed by atoms with van der Waals surface area (Å²) in [5.74, 6) is 1.76. The number of esters is 1. The van der Waals surface area contributed by atoms with E-state index < -0.39 is 5.97 Å². The van der Waals surface area contributed by atoms with Gasteiger partial charge in [-0.25, -0.2) is 4.79 Å². The van der Waals surface area contributed by atoms with Crippen LogP contribution in [0.25, 0.3) is 0 Å². The summed E-state index contributed by atoms with van der Waals surface area (Å²) < 4.78 is 5.21. The minimum atomic E-state index is -0.547. The average Bonchev–Trinajstić information content (AvgIpc) is 2.61. The highest BCUT2D eigenvalue weighted by Crippen LogP contribution is 2.61. The molecule has 1 atom stereocenters. The number of nitrogens with one attached hydrogen (secondary N) is 1. The summed E-state index contributed by atoms with van der Waals surface area (Å²) in [6, 6.07) is 5.35. The third-order valence-electron chi connectivity index (χ3n) is 7.26. The van der Waals surface area contributed by atoms with E-state index in [1.807, 2.05) is 13.0 Å². The van der Waals surface area contributed by atoms with Gasteiger partial charge in [0.15, 0.2) is 6.61 Å². The molecule has 0 heterocycles. The second-order valence-electron chi connectivity index (χ2n) is 9.18. The first-order valence-electron chi connectivity index (χ1n) is 10.2. The van der Waals surface area contributed by atoms with Crippen LogP contribution in [-0.4, -0.2) is 24.5 Å². The molecule has 0 spiro atoms. The van der Waals surface area contributed by atoms with E-state index in [2.05, 4.69) is 12.2 Å². The van der Waals surface area contributed by atoms with Gasteiger partial charge in [-0.3, -0.25) is 4.79 Å². The molecule has 4 bridgehead atoms. The van der Waals surface area contributed by atoms with Gasteiger partial charge in [0.1, 0.15) is 0 Å². The smallest absolute Gasteiger partial charge is 0.340 e. The summed E-state index contributed by atoms with van der Waals surface area (Å²) in [5.41, 5.74) is 7.73. The zero-order valence-electron chi connectivity index (χ0n) is 16.3. The molecule has 4 fully saturated rings. The highest BCUT2D eigenvalue weighted by molar-refractivity contribution is 5.96. The number of hydrogen-bond donors (Lipinski definition) is 2. The molecular weight excluding hydrogens is 340 g/mol. The Balaban J connectivity index is 1.33. The number of nitrogens with two attached hydrogens (primary N) is 1. The molecule has 1 aromatic carbocycles. The highest BCUT2D eigenvalue weighted by Gasteiger charge is 2.53. The third-order valence-corrected chi connectivity index (χ3v) is 7.26. The van der Waals surface area contributed by atoms with Gasteiger partial charge < -0.3 is 15.8 Å². The molecule has 0 radical (unpaired) electrons. The van der Waals surface area contributed by atoms with Gasteiger partial charge in [0, 0.05) is 11.7 Å². The zero-order valence-corrected chi connectivity index (χ0v) is 16.3. The van der Waals surface area contributed by atoms with Crippen molar-refractivity contribution in [3.8, 4) is 0 Å². The lowest BCUT2D eigenvalue weighted by Crippen LogP contribution is -2.56. The maximum absolute atomic E-state index is 12.4. The predicted molar refractivity (Wildman–Crippen MR) is 104 cm³/mol. The molecule has 1 amide bonds. The van der Waals surface area contributed by atoms with Gasteiger partial charge in [0.2, 0.25) is 0 Å². The number of para-hydroxylation sites is 1. The topological polar surface area (TPSA) is 81.4 Å². The number of rotatable bonds is 5. The predicted octanol–water partition coefficient (Wildman–Crippen LogP) is 3.46. The monoisotopic (exact) mass is 370 g/mol. The van der Waals surface area contributed by atoms with Crippen LogP contribution in [0.4, 0.5) is 5.69 Å². The molecule has 27 heavy (non-hydrogen) atoms. The summed E-state index contributed by atoms with van der Waals surface area (Å²) in [5, 5.41) is 3.12. The molecule has 5 rings (SSSR count).